The molecule has 1 N–H and O–H groups in total. The van der Waals surface area contributed by atoms with E-state index in [1.165, 1.54) is 18.6 Å². The molecule has 0 saturated carbocycles. The molecule has 1 aromatic rings. The number of hydrogen-bond acceptors (Lipinski definition) is 4. The molecule has 0 aliphatic heterocycles. The zero-order valence-corrected chi connectivity index (χ0v) is 7.54. The molecule has 6 heteroatoms. The van der Waals surface area contributed by atoms with Crippen molar-refractivity contribution in [1.29, 1.82) is 0 Å². The van der Waals surface area contributed by atoms with Gasteiger partial charge < -0.3 is 0 Å². The van der Waals surface area contributed by atoms with Crippen LogP contribution in [-0.4, -0.2) is 25.5 Å². The first-order valence-corrected chi connectivity index (χ1v) is 4.81. The molecular formula is C8H4O5S. The van der Waals surface area contributed by atoms with E-state index in [9.17, 15) is 18.0 Å². The quantitative estimate of drug-likeness (QED) is 0.704. The summed E-state index contributed by atoms with van der Waals surface area (Å²) in [6.45, 7) is 0. The van der Waals surface area contributed by atoms with Gasteiger partial charge in [0, 0.05) is 11.1 Å². The van der Waals surface area contributed by atoms with Crippen LogP contribution in [0.4, 0.5) is 0 Å². The molecule has 0 atom stereocenters. The minimum absolute atomic E-state index is 0.0726. The van der Waals surface area contributed by atoms with E-state index in [2.05, 4.69) is 0 Å². The molecule has 0 spiro atoms. The van der Waals surface area contributed by atoms with Crippen LogP contribution in [-0.2, 0) is 19.7 Å². The summed E-state index contributed by atoms with van der Waals surface area (Å²) in [5.74, 6) is 0. The summed E-state index contributed by atoms with van der Waals surface area (Å²) in [5.41, 5.74) is -0.400. The maximum atomic E-state index is 10.7. The van der Waals surface area contributed by atoms with Gasteiger partial charge in [0.15, 0.2) is 0 Å². The molecule has 0 amide bonds. The molecule has 0 aliphatic carbocycles. The molecule has 5 nitrogen and oxygen atoms in total. The largest absolute Gasteiger partial charge is 0.295 e. The number of benzene rings is 1. The van der Waals surface area contributed by atoms with Gasteiger partial charge in [0.25, 0.3) is 10.1 Å². The van der Waals surface area contributed by atoms with E-state index in [0.29, 0.717) is 0 Å². The molecule has 0 aliphatic rings. The fourth-order valence-corrected chi connectivity index (χ4v) is 1.55. The Morgan fingerprint density at radius 3 is 2.21 bits per heavy atom. The Balaban J connectivity index is 3.52. The van der Waals surface area contributed by atoms with Gasteiger partial charge >= 0.3 is 0 Å². The summed E-state index contributed by atoms with van der Waals surface area (Å²) >= 11 is 0. The molecule has 0 fully saturated rings. The minimum atomic E-state index is -4.52. The van der Waals surface area contributed by atoms with Crippen molar-refractivity contribution < 1.29 is 22.6 Å². The molecule has 1 aromatic carbocycles. The summed E-state index contributed by atoms with van der Waals surface area (Å²) in [6, 6.07) is 3.11. The second kappa shape index (κ2) is 3.69. The van der Waals surface area contributed by atoms with E-state index in [-0.39, 0.29) is 11.1 Å². The lowest BCUT2D eigenvalue weighted by Gasteiger charge is -2.00. The summed E-state index contributed by atoms with van der Waals surface area (Å²) in [7, 11) is -4.52. The summed E-state index contributed by atoms with van der Waals surface area (Å²) < 4.78 is 30.1. The summed E-state index contributed by atoms with van der Waals surface area (Å²) in [4.78, 5) is 19.8. The van der Waals surface area contributed by atoms with E-state index >= 15 is 0 Å². The second-order valence-corrected chi connectivity index (χ2v) is 3.78. The average molecular weight is 212 g/mol. The van der Waals surface area contributed by atoms with Gasteiger partial charge in [-0.15, -0.1) is 0 Å². The highest BCUT2D eigenvalue weighted by Crippen LogP contribution is 2.14. The van der Waals surface area contributed by atoms with Crippen LogP contribution >= 0.6 is 0 Å². The van der Waals surface area contributed by atoms with Crippen molar-refractivity contribution in [2.24, 2.45) is 0 Å². The van der Waals surface area contributed by atoms with Crippen molar-refractivity contribution in [3.8, 4) is 0 Å². The Hall–Kier alpha value is -1.53. The van der Waals surface area contributed by atoms with Gasteiger partial charge in [-0.2, -0.15) is 8.42 Å². The Morgan fingerprint density at radius 1 is 1.14 bits per heavy atom. The number of hydrogen-bond donors (Lipinski definition) is 1. The fraction of sp³-hybridized carbons (Fsp3) is 0. The van der Waals surface area contributed by atoms with Crippen molar-refractivity contribution in [3.63, 3.8) is 0 Å². The van der Waals surface area contributed by atoms with Crippen molar-refractivity contribution >= 4 is 22.7 Å². The Labute approximate surface area is 80.1 Å². The Kier molecular flexibility index (Phi) is 2.78. The van der Waals surface area contributed by atoms with Crippen molar-refractivity contribution in [2.45, 2.75) is 4.90 Å². The lowest BCUT2D eigenvalue weighted by Crippen LogP contribution is -2.03. The zero-order chi connectivity index (χ0) is 10.8. The number of carbonyl (C=O) groups excluding carboxylic acids is 2. The first-order valence-electron chi connectivity index (χ1n) is 3.37. The molecule has 72 valence electrons. The van der Waals surface area contributed by atoms with Crippen molar-refractivity contribution in [1.82, 2.24) is 0 Å². The summed E-state index contributed by atoms with van der Waals surface area (Å²) in [5, 5.41) is 0. The third-order valence-corrected chi connectivity index (χ3v) is 2.38. The average Bonchev–Trinajstić information content (AvgIpc) is 2.15. The molecule has 0 heterocycles. The molecule has 2 radical (unpaired) electrons. The predicted molar refractivity (Wildman–Crippen MR) is 45.8 cm³/mol. The van der Waals surface area contributed by atoms with Crippen molar-refractivity contribution in [3.05, 3.63) is 29.3 Å². The van der Waals surface area contributed by atoms with Gasteiger partial charge in [0.2, 0.25) is 12.6 Å². The normalized spacial score (nSPS) is 10.9. The van der Waals surface area contributed by atoms with E-state index in [1.54, 1.807) is 0 Å². The van der Waals surface area contributed by atoms with E-state index in [0.717, 1.165) is 12.1 Å². The van der Waals surface area contributed by atoms with Gasteiger partial charge in [0.05, 0.1) is 0 Å². The molecule has 0 aromatic heterocycles. The monoisotopic (exact) mass is 212 g/mol. The topological polar surface area (TPSA) is 88.5 Å². The van der Waals surface area contributed by atoms with Crippen LogP contribution in [0, 0.1) is 0 Å². The van der Waals surface area contributed by atoms with Gasteiger partial charge in [-0.3, -0.25) is 14.1 Å². The Bertz CT molecular complexity index is 475. The molecular weight excluding hydrogens is 208 g/mol. The molecule has 0 bridgehead atoms. The van der Waals surface area contributed by atoms with Crippen molar-refractivity contribution in [2.75, 3.05) is 0 Å². The van der Waals surface area contributed by atoms with E-state index < -0.39 is 15.0 Å². The van der Waals surface area contributed by atoms with Crippen LogP contribution in [0.15, 0.2) is 23.1 Å². The minimum Gasteiger partial charge on any atom is -0.285 e. The molecule has 0 saturated heterocycles. The number of rotatable bonds is 3. The first kappa shape index (κ1) is 10.6. The van der Waals surface area contributed by atoms with E-state index in [1.807, 2.05) is 0 Å². The first-order chi connectivity index (χ1) is 6.49. The summed E-state index contributed by atoms with van der Waals surface area (Å²) in [6.07, 6.45) is 2.77. The van der Waals surface area contributed by atoms with Crippen LogP contribution in [0.1, 0.15) is 11.1 Å². The molecule has 0 unspecified atom stereocenters. The van der Waals surface area contributed by atoms with Gasteiger partial charge in [-0.1, -0.05) is 6.07 Å². The maximum Gasteiger partial charge on any atom is 0.295 e. The maximum absolute atomic E-state index is 10.7. The lowest BCUT2D eigenvalue weighted by atomic mass is 10.2. The van der Waals surface area contributed by atoms with Gasteiger partial charge in [-0.05, 0) is 12.1 Å². The SMILES string of the molecule is O=[C]c1ccc([C]=O)c(S(=O)(=O)O)c1. The van der Waals surface area contributed by atoms with Crippen LogP contribution in [0.2, 0.25) is 0 Å². The van der Waals surface area contributed by atoms with Crippen LogP contribution in [0.5, 0.6) is 0 Å². The highest BCUT2D eigenvalue weighted by Gasteiger charge is 2.16. The van der Waals surface area contributed by atoms with Crippen LogP contribution < -0.4 is 0 Å². The van der Waals surface area contributed by atoms with E-state index in [4.69, 9.17) is 4.55 Å². The highest BCUT2D eigenvalue weighted by molar-refractivity contribution is 7.86. The smallest absolute Gasteiger partial charge is 0.285 e. The lowest BCUT2D eigenvalue weighted by molar-refractivity contribution is 0.482. The van der Waals surface area contributed by atoms with Gasteiger partial charge in [-0.25, -0.2) is 0 Å². The second-order valence-electron chi connectivity index (χ2n) is 2.39. The van der Waals surface area contributed by atoms with Gasteiger partial charge in [0.1, 0.15) is 4.90 Å². The third kappa shape index (κ3) is 2.04. The van der Waals surface area contributed by atoms with Crippen LogP contribution in [0.25, 0.3) is 0 Å². The zero-order valence-electron chi connectivity index (χ0n) is 6.72. The Morgan fingerprint density at radius 2 is 1.79 bits per heavy atom. The standard InChI is InChI=1S/C8H4O5S/c9-4-6-1-2-7(5-10)8(3-6)14(11,12)13/h1-3H,(H,11,12,13). The highest BCUT2D eigenvalue weighted by atomic mass is 32.2. The third-order valence-electron chi connectivity index (χ3n) is 1.49. The molecule has 1 rings (SSSR count). The van der Waals surface area contributed by atoms with Crippen LogP contribution in [0.3, 0.4) is 0 Å². The predicted octanol–water partition coefficient (Wildman–Crippen LogP) is -0.151. The molecule has 14 heavy (non-hydrogen) atoms. The fourth-order valence-electron chi connectivity index (χ4n) is 0.884.